The molecule has 2 nitrogen and oxygen atoms in total. The summed E-state index contributed by atoms with van der Waals surface area (Å²) in [6.45, 7) is 9.90. The van der Waals surface area contributed by atoms with Gasteiger partial charge in [0.25, 0.3) is 0 Å². The van der Waals surface area contributed by atoms with Gasteiger partial charge in [-0.3, -0.25) is 0 Å². The summed E-state index contributed by atoms with van der Waals surface area (Å²) in [7, 11) is 1.82. The van der Waals surface area contributed by atoms with E-state index < -0.39 is 0 Å². The molecule has 0 spiro atoms. The highest BCUT2D eigenvalue weighted by atomic mass is 16.5. The molecule has 2 heteroatoms. The van der Waals surface area contributed by atoms with Crippen molar-refractivity contribution in [3.63, 3.8) is 0 Å². The Morgan fingerprint density at radius 1 is 0.900 bits per heavy atom. The molecule has 0 amide bonds. The van der Waals surface area contributed by atoms with E-state index in [2.05, 4.69) is 33.0 Å². The van der Waals surface area contributed by atoms with Crippen LogP contribution in [0.4, 0.5) is 0 Å². The highest BCUT2D eigenvalue weighted by molar-refractivity contribution is 4.78. The average Bonchev–Trinajstić information content (AvgIpc) is 2.41. The normalized spacial score (nSPS) is 13.7. The molecular weight excluding hydrogens is 246 g/mol. The van der Waals surface area contributed by atoms with Crippen LogP contribution in [0.2, 0.25) is 0 Å². The SMILES string of the molecule is CCCCCCCCCCC(CC(C)(C)OC)NCC. The Morgan fingerprint density at radius 3 is 1.95 bits per heavy atom. The lowest BCUT2D eigenvalue weighted by Crippen LogP contribution is -2.37. The molecule has 0 saturated carbocycles. The number of ether oxygens (including phenoxy) is 1. The molecule has 0 aliphatic rings. The number of rotatable bonds is 14. The summed E-state index contributed by atoms with van der Waals surface area (Å²) in [4.78, 5) is 0. The summed E-state index contributed by atoms with van der Waals surface area (Å²) in [6, 6.07) is 0.607. The van der Waals surface area contributed by atoms with Gasteiger partial charge in [0.2, 0.25) is 0 Å². The maximum atomic E-state index is 5.56. The molecular formula is C18H39NO. The van der Waals surface area contributed by atoms with Crippen molar-refractivity contribution in [3.8, 4) is 0 Å². The first-order valence-corrected chi connectivity index (χ1v) is 8.84. The van der Waals surface area contributed by atoms with Crippen LogP contribution in [-0.2, 0) is 4.74 Å². The van der Waals surface area contributed by atoms with E-state index >= 15 is 0 Å². The Kier molecular flexibility index (Phi) is 12.6. The van der Waals surface area contributed by atoms with Gasteiger partial charge < -0.3 is 10.1 Å². The third-order valence-corrected chi connectivity index (χ3v) is 4.19. The predicted molar refractivity (Wildman–Crippen MR) is 90.4 cm³/mol. The molecule has 1 atom stereocenters. The summed E-state index contributed by atoms with van der Waals surface area (Å²) in [5.41, 5.74) is -0.00696. The molecule has 0 radical (unpaired) electrons. The minimum Gasteiger partial charge on any atom is -0.379 e. The summed E-state index contributed by atoms with van der Waals surface area (Å²) in [5, 5.41) is 3.61. The van der Waals surface area contributed by atoms with Crippen molar-refractivity contribution in [2.45, 2.75) is 104 Å². The van der Waals surface area contributed by atoms with E-state index in [1.807, 2.05) is 7.11 Å². The predicted octanol–water partition coefficient (Wildman–Crippen LogP) is 5.31. The smallest absolute Gasteiger partial charge is 0.0637 e. The van der Waals surface area contributed by atoms with Gasteiger partial charge >= 0.3 is 0 Å². The fourth-order valence-corrected chi connectivity index (χ4v) is 2.77. The zero-order valence-electron chi connectivity index (χ0n) is 14.8. The van der Waals surface area contributed by atoms with Gasteiger partial charge in [-0.25, -0.2) is 0 Å². The number of hydrogen-bond donors (Lipinski definition) is 1. The molecule has 0 aliphatic heterocycles. The molecule has 1 unspecified atom stereocenters. The lowest BCUT2D eigenvalue weighted by atomic mass is 9.94. The zero-order chi connectivity index (χ0) is 15.3. The van der Waals surface area contributed by atoms with Crippen molar-refractivity contribution in [2.75, 3.05) is 13.7 Å². The van der Waals surface area contributed by atoms with Crippen LogP contribution in [0.3, 0.4) is 0 Å². The van der Waals surface area contributed by atoms with Crippen LogP contribution < -0.4 is 5.32 Å². The Labute approximate surface area is 128 Å². The molecule has 20 heavy (non-hydrogen) atoms. The highest BCUT2D eigenvalue weighted by Crippen LogP contribution is 2.19. The van der Waals surface area contributed by atoms with Crippen molar-refractivity contribution in [1.82, 2.24) is 5.32 Å². The van der Waals surface area contributed by atoms with Crippen LogP contribution in [0.5, 0.6) is 0 Å². The second kappa shape index (κ2) is 12.6. The van der Waals surface area contributed by atoms with Gasteiger partial charge in [0.05, 0.1) is 5.60 Å². The van der Waals surface area contributed by atoms with E-state index in [1.54, 1.807) is 0 Å². The van der Waals surface area contributed by atoms with E-state index in [-0.39, 0.29) is 5.60 Å². The van der Waals surface area contributed by atoms with Crippen LogP contribution in [-0.4, -0.2) is 25.3 Å². The maximum Gasteiger partial charge on any atom is 0.0637 e. The first-order chi connectivity index (χ1) is 9.55. The Morgan fingerprint density at radius 2 is 1.45 bits per heavy atom. The summed E-state index contributed by atoms with van der Waals surface area (Å²) in [5.74, 6) is 0. The van der Waals surface area contributed by atoms with Crippen LogP contribution in [0.25, 0.3) is 0 Å². The molecule has 0 aromatic rings. The summed E-state index contributed by atoms with van der Waals surface area (Å²) >= 11 is 0. The Bertz CT molecular complexity index is 204. The zero-order valence-corrected chi connectivity index (χ0v) is 14.8. The third-order valence-electron chi connectivity index (χ3n) is 4.19. The molecule has 122 valence electrons. The minimum absolute atomic E-state index is 0.00696. The van der Waals surface area contributed by atoms with E-state index in [4.69, 9.17) is 4.74 Å². The van der Waals surface area contributed by atoms with Crippen LogP contribution in [0, 0.1) is 0 Å². The van der Waals surface area contributed by atoms with Crippen molar-refractivity contribution in [3.05, 3.63) is 0 Å². The topological polar surface area (TPSA) is 21.3 Å². The van der Waals surface area contributed by atoms with Gasteiger partial charge in [0.15, 0.2) is 0 Å². The van der Waals surface area contributed by atoms with Gasteiger partial charge in [-0.15, -0.1) is 0 Å². The van der Waals surface area contributed by atoms with Crippen LogP contribution in [0.15, 0.2) is 0 Å². The van der Waals surface area contributed by atoms with Crippen molar-refractivity contribution in [1.29, 1.82) is 0 Å². The van der Waals surface area contributed by atoms with Crippen LogP contribution >= 0.6 is 0 Å². The van der Waals surface area contributed by atoms with Crippen molar-refractivity contribution in [2.24, 2.45) is 0 Å². The largest absolute Gasteiger partial charge is 0.379 e. The fraction of sp³-hybridized carbons (Fsp3) is 1.00. The lowest BCUT2D eigenvalue weighted by molar-refractivity contribution is 0.00633. The van der Waals surface area contributed by atoms with Gasteiger partial charge in [-0.2, -0.15) is 0 Å². The first kappa shape index (κ1) is 19.9. The van der Waals surface area contributed by atoms with E-state index in [9.17, 15) is 0 Å². The lowest BCUT2D eigenvalue weighted by Gasteiger charge is -2.29. The third kappa shape index (κ3) is 11.7. The molecule has 0 bridgehead atoms. The second-order valence-corrected chi connectivity index (χ2v) is 6.69. The number of nitrogens with one attached hydrogen (secondary N) is 1. The molecule has 0 saturated heterocycles. The molecule has 0 fully saturated rings. The van der Waals surface area contributed by atoms with E-state index in [1.165, 1.54) is 57.8 Å². The quantitative estimate of drug-likeness (QED) is 0.437. The average molecular weight is 286 g/mol. The highest BCUT2D eigenvalue weighted by Gasteiger charge is 2.21. The molecule has 0 rings (SSSR count). The van der Waals surface area contributed by atoms with Crippen molar-refractivity contribution >= 4 is 0 Å². The molecule has 1 N–H and O–H groups in total. The molecule has 0 aromatic carbocycles. The number of methoxy groups -OCH3 is 1. The first-order valence-electron chi connectivity index (χ1n) is 8.84. The van der Waals surface area contributed by atoms with Crippen LogP contribution in [0.1, 0.15) is 91.9 Å². The molecule has 0 heterocycles. The van der Waals surface area contributed by atoms with Gasteiger partial charge in [-0.1, -0.05) is 65.2 Å². The summed E-state index contributed by atoms with van der Waals surface area (Å²) < 4.78 is 5.56. The van der Waals surface area contributed by atoms with Gasteiger partial charge in [0.1, 0.15) is 0 Å². The number of hydrogen-bond acceptors (Lipinski definition) is 2. The van der Waals surface area contributed by atoms with E-state index in [0.717, 1.165) is 13.0 Å². The van der Waals surface area contributed by atoms with Gasteiger partial charge in [-0.05, 0) is 33.2 Å². The molecule has 0 aromatic heterocycles. The Hall–Kier alpha value is -0.0800. The van der Waals surface area contributed by atoms with Gasteiger partial charge in [0, 0.05) is 13.2 Å². The monoisotopic (exact) mass is 285 g/mol. The number of unbranched alkanes of at least 4 members (excludes halogenated alkanes) is 7. The summed E-state index contributed by atoms with van der Waals surface area (Å²) in [6.07, 6.45) is 13.6. The Balaban J connectivity index is 3.65. The second-order valence-electron chi connectivity index (χ2n) is 6.69. The van der Waals surface area contributed by atoms with Crippen molar-refractivity contribution < 1.29 is 4.74 Å². The standard InChI is InChI=1S/C18H39NO/c1-6-8-9-10-11-12-13-14-15-17(19-7-2)16-18(3,4)20-5/h17,19H,6-16H2,1-5H3. The maximum absolute atomic E-state index is 5.56. The minimum atomic E-state index is -0.00696. The molecule has 0 aliphatic carbocycles. The van der Waals surface area contributed by atoms with E-state index in [0.29, 0.717) is 6.04 Å². The fourth-order valence-electron chi connectivity index (χ4n) is 2.77.